The molecule has 0 radical (unpaired) electrons. The van der Waals surface area contributed by atoms with Gasteiger partial charge in [0.1, 0.15) is 0 Å². The topological polar surface area (TPSA) is 68.6 Å². The molecule has 2 rings (SSSR count). The molecule has 2 aromatic rings. The van der Waals surface area contributed by atoms with Gasteiger partial charge in [0, 0.05) is 18.3 Å². The minimum absolute atomic E-state index is 0.302. The summed E-state index contributed by atoms with van der Waals surface area (Å²) in [7, 11) is 1.27. The molecule has 0 N–H and O–H groups in total. The van der Waals surface area contributed by atoms with Crippen LogP contribution in [0, 0.1) is 13.8 Å². The molecule has 0 bridgehead atoms. The van der Waals surface area contributed by atoms with Gasteiger partial charge in [-0.2, -0.15) is 4.99 Å². The largest absolute Gasteiger partial charge is 0.467 e. The summed E-state index contributed by atoms with van der Waals surface area (Å²) in [6.45, 7) is 4.02. The van der Waals surface area contributed by atoms with Crippen molar-refractivity contribution in [3.63, 3.8) is 0 Å². The lowest BCUT2D eigenvalue weighted by Gasteiger charge is -2.11. The van der Waals surface area contributed by atoms with Crippen LogP contribution < -0.4 is 0 Å². The van der Waals surface area contributed by atoms with Crippen molar-refractivity contribution in [3.8, 4) is 11.1 Å². The van der Waals surface area contributed by atoms with Gasteiger partial charge in [0.05, 0.1) is 7.11 Å². The summed E-state index contributed by atoms with van der Waals surface area (Å²) >= 11 is 0. The van der Waals surface area contributed by atoms with Gasteiger partial charge in [-0.25, -0.2) is 9.59 Å². The normalized spacial score (nSPS) is 11.4. The average Bonchev–Trinajstić information content (AvgIpc) is 2.57. The first-order chi connectivity index (χ1) is 11.1. The number of benzene rings is 1. The minimum atomic E-state index is -0.853. The number of esters is 1. The first kappa shape index (κ1) is 16.6. The Morgan fingerprint density at radius 2 is 1.96 bits per heavy atom. The molecule has 5 nitrogen and oxygen atoms in total. The maximum absolute atomic E-state index is 11.6. The van der Waals surface area contributed by atoms with E-state index in [0.29, 0.717) is 6.42 Å². The highest BCUT2D eigenvalue weighted by Gasteiger charge is 2.18. The average molecular weight is 310 g/mol. The van der Waals surface area contributed by atoms with Crippen LogP contribution in [0.5, 0.6) is 0 Å². The van der Waals surface area contributed by atoms with E-state index in [1.165, 1.54) is 13.2 Å². The second kappa shape index (κ2) is 7.47. The van der Waals surface area contributed by atoms with Crippen molar-refractivity contribution in [2.75, 3.05) is 7.11 Å². The predicted molar refractivity (Wildman–Crippen MR) is 86.8 cm³/mol. The maximum Gasteiger partial charge on any atom is 0.331 e. The maximum atomic E-state index is 11.6. The summed E-state index contributed by atoms with van der Waals surface area (Å²) in [6.07, 6.45) is 3.51. The molecule has 1 aromatic heterocycles. The lowest BCUT2D eigenvalue weighted by atomic mass is 9.98. The third kappa shape index (κ3) is 3.90. The van der Waals surface area contributed by atoms with Crippen LogP contribution in [-0.4, -0.2) is 30.2 Å². The van der Waals surface area contributed by atoms with Crippen molar-refractivity contribution >= 4 is 12.0 Å². The molecule has 0 aliphatic heterocycles. The van der Waals surface area contributed by atoms with Crippen LogP contribution in [0.3, 0.4) is 0 Å². The second-order valence-corrected chi connectivity index (χ2v) is 5.23. The molecule has 118 valence electrons. The Labute approximate surface area is 135 Å². The van der Waals surface area contributed by atoms with E-state index in [2.05, 4.69) is 14.7 Å². The van der Waals surface area contributed by atoms with E-state index in [9.17, 15) is 9.59 Å². The quantitative estimate of drug-likeness (QED) is 0.484. The Bertz CT molecular complexity index is 747. The van der Waals surface area contributed by atoms with Crippen molar-refractivity contribution < 1.29 is 14.3 Å². The van der Waals surface area contributed by atoms with Crippen molar-refractivity contribution in [2.45, 2.75) is 26.3 Å². The van der Waals surface area contributed by atoms with Gasteiger partial charge < -0.3 is 4.74 Å². The standard InChI is InChI=1S/C18H18N2O3/c1-12-13(2)19-9-8-16(12)15-6-4-14(5-7-15)10-17(20-11-21)18(22)23-3/h4-9,17H,10H2,1-3H3. The number of carbonyl (C=O) groups excluding carboxylic acids is 2. The number of aryl methyl sites for hydroxylation is 1. The number of pyridine rings is 1. The van der Waals surface area contributed by atoms with Gasteiger partial charge in [-0.05, 0) is 42.2 Å². The molecule has 1 unspecified atom stereocenters. The number of hydrogen-bond acceptors (Lipinski definition) is 5. The zero-order valence-corrected chi connectivity index (χ0v) is 13.4. The summed E-state index contributed by atoms with van der Waals surface area (Å²) in [4.78, 5) is 29.8. The van der Waals surface area contributed by atoms with Crippen LogP contribution in [0.2, 0.25) is 0 Å². The molecule has 0 amide bonds. The van der Waals surface area contributed by atoms with Crippen LogP contribution in [0.1, 0.15) is 16.8 Å². The summed E-state index contributed by atoms with van der Waals surface area (Å²) in [5.74, 6) is -0.543. The van der Waals surface area contributed by atoms with Gasteiger partial charge in [-0.1, -0.05) is 24.3 Å². The molecule has 1 heterocycles. The monoisotopic (exact) mass is 310 g/mol. The fraction of sp³-hybridized carbons (Fsp3) is 0.278. The van der Waals surface area contributed by atoms with Crippen molar-refractivity contribution in [1.29, 1.82) is 0 Å². The highest BCUT2D eigenvalue weighted by molar-refractivity contribution is 5.77. The molecule has 0 spiro atoms. The lowest BCUT2D eigenvalue weighted by Crippen LogP contribution is -2.22. The predicted octanol–water partition coefficient (Wildman–Crippen LogP) is 2.79. The molecule has 0 saturated heterocycles. The third-order valence-corrected chi connectivity index (χ3v) is 3.83. The smallest absolute Gasteiger partial charge is 0.331 e. The SMILES string of the molecule is COC(=O)C(Cc1ccc(-c2ccnc(C)c2C)cc1)N=C=O. The Kier molecular flexibility index (Phi) is 5.39. The van der Waals surface area contributed by atoms with Gasteiger partial charge in [-0.15, -0.1) is 0 Å². The fourth-order valence-electron chi connectivity index (χ4n) is 2.38. The van der Waals surface area contributed by atoms with Crippen LogP contribution in [0.4, 0.5) is 0 Å². The first-order valence-corrected chi connectivity index (χ1v) is 7.23. The minimum Gasteiger partial charge on any atom is -0.467 e. The number of hydrogen-bond donors (Lipinski definition) is 0. The van der Waals surface area contributed by atoms with Crippen LogP contribution in [0.25, 0.3) is 11.1 Å². The lowest BCUT2D eigenvalue weighted by molar-refractivity contribution is -0.142. The zero-order chi connectivity index (χ0) is 16.8. The van der Waals surface area contributed by atoms with Crippen LogP contribution in [-0.2, 0) is 20.7 Å². The summed E-state index contributed by atoms with van der Waals surface area (Å²) < 4.78 is 4.64. The number of aromatic nitrogens is 1. The van der Waals surface area contributed by atoms with Crippen molar-refractivity contribution in [3.05, 3.63) is 53.3 Å². The van der Waals surface area contributed by atoms with E-state index < -0.39 is 12.0 Å². The van der Waals surface area contributed by atoms with Gasteiger partial charge >= 0.3 is 5.97 Å². The fourth-order valence-corrected chi connectivity index (χ4v) is 2.38. The molecule has 0 fully saturated rings. The molecule has 23 heavy (non-hydrogen) atoms. The molecule has 5 heteroatoms. The van der Waals surface area contributed by atoms with E-state index in [1.54, 1.807) is 6.20 Å². The zero-order valence-electron chi connectivity index (χ0n) is 13.4. The number of isocyanates is 1. The van der Waals surface area contributed by atoms with E-state index in [-0.39, 0.29) is 0 Å². The summed E-state index contributed by atoms with van der Waals surface area (Å²) in [5, 5.41) is 0. The Hall–Kier alpha value is -2.78. The van der Waals surface area contributed by atoms with Crippen molar-refractivity contribution in [1.82, 2.24) is 4.98 Å². The van der Waals surface area contributed by atoms with E-state index >= 15 is 0 Å². The van der Waals surface area contributed by atoms with E-state index in [1.807, 2.05) is 44.2 Å². The van der Waals surface area contributed by atoms with Crippen molar-refractivity contribution in [2.24, 2.45) is 4.99 Å². The number of methoxy groups -OCH3 is 1. The Morgan fingerprint density at radius 1 is 1.26 bits per heavy atom. The molecule has 0 aliphatic rings. The number of carbonyl (C=O) groups is 1. The molecule has 1 atom stereocenters. The third-order valence-electron chi connectivity index (χ3n) is 3.83. The number of aliphatic imine (C=N–C) groups is 1. The summed E-state index contributed by atoms with van der Waals surface area (Å²) in [5.41, 5.74) is 5.23. The number of nitrogens with zero attached hydrogens (tertiary/aromatic N) is 2. The van der Waals surface area contributed by atoms with Gasteiger partial charge in [0.25, 0.3) is 0 Å². The highest BCUT2D eigenvalue weighted by atomic mass is 16.5. The van der Waals surface area contributed by atoms with Gasteiger partial charge in [0.2, 0.25) is 6.08 Å². The summed E-state index contributed by atoms with van der Waals surface area (Å²) in [6, 6.07) is 8.92. The Balaban J connectivity index is 2.24. The number of ether oxygens (including phenoxy) is 1. The molecular formula is C18H18N2O3. The molecule has 0 aliphatic carbocycles. The molecule has 0 saturated carbocycles. The van der Waals surface area contributed by atoms with Crippen LogP contribution in [0.15, 0.2) is 41.5 Å². The second-order valence-electron chi connectivity index (χ2n) is 5.23. The number of rotatable bonds is 5. The Morgan fingerprint density at radius 3 is 2.57 bits per heavy atom. The van der Waals surface area contributed by atoms with E-state index in [0.717, 1.165) is 27.9 Å². The molecular weight excluding hydrogens is 292 g/mol. The van der Waals surface area contributed by atoms with E-state index in [4.69, 9.17) is 0 Å². The van der Waals surface area contributed by atoms with Crippen LogP contribution >= 0.6 is 0 Å². The first-order valence-electron chi connectivity index (χ1n) is 7.23. The highest BCUT2D eigenvalue weighted by Crippen LogP contribution is 2.25. The van der Waals surface area contributed by atoms with Gasteiger partial charge in [0.15, 0.2) is 6.04 Å². The van der Waals surface area contributed by atoms with Gasteiger partial charge in [-0.3, -0.25) is 4.98 Å². The molecule has 1 aromatic carbocycles.